The van der Waals surface area contributed by atoms with E-state index in [1.54, 1.807) is 23.0 Å². The number of nitrogens with one attached hydrogen (secondary N) is 2. The highest BCUT2D eigenvalue weighted by Crippen LogP contribution is 2.42. The summed E-state index contributed by atoms with van der Waals surface area (Å²) < 4.78 is 30.2. The number of alkyl halides is 1. The topological polar surface area (TPSA) is 88.0 Å². The van der Waals surface area contributed by atoms with Crippen molar-refractivity contribution in [3.8, 4) is 11.3 Å². The van der Waals surface area contributed by atoms with E-state index in [1.165, 1.54) is 6.20 Å². The van der Waals surface area contributed by atoms with Gasteiger partial charge in [0, 0.05) is 22.7 Å². The highest BCUT2D eigenvalue weighted by atomic mass is 35.5. The lowest BCUT2D eigenvalue weighted by Crippen LogP contribution is -2.15. The molecule has 0 radical (unpaired) electrons. The molecule has 3 heterocycles. The first-order valence-corrected chi connectivity index (χ1v) is 10.8. The van der Waals surface area contributed by atoms with E-state index in [0.717, 1.165) is 0 Å². The molecule has 3 aromatic heterocycles. The number of anilines is 1. The van der Waals surface area contributed by atoms with Crippen LogP contribution in [0, 0.1) is 17.7 Å². The van der Waals surface area contributed by atoms with Crippen LogP contribution < -0.4 is 5.32 Å². The Morgan fingerprint density at radius 3 is 2.75 bits per heavy atom. The number of amides is 1. The fraction of sp³-hybridized carbons (Fsp3) is 0.364. The van der Waals surface area contributed by atoms with Gasteiger partial charge in [0.15, 0.2) is 11.5 Å². The number of carbonyl (C=O) groups is 1. The Kier molecular flexibility index (Phi) is 4.88. The number of halogens is 3. The molecule has 0 bridgehead atoms. The summed E-state index contributed by atoms with van der Waals surface area (Å²) in [6, 6.07) is 0. The quantitative estimate of drug-likeness (QED) is 0.434. The number of carbonyl (C=O) groups excluding carboxylic acids is 1. The van der Waals surface area contributed by atoms with Gasteiger partial charge in [-0.3, -0.25) is 14.9 Å². The van der Waals surface area contributed by atoms with Crippen molar-refractivity contribution in [2.75, 3.05) is 5.32 Å². The Morgan fingerprint density at radius 2 is 2.06 bits per heavy atom. The molecular weight excluding hydrogens is 438 g/mol. The van der Waals surface area contributed by atoms with Crippen LogP contribution in [-0.4, -0.2) is 36.6 Å². The van der Waals surface area contributed by atoms with Crippen LogP contribution in [0.1, 0.15) is 38.7 Å². The number of aromatic amines is 1. The lowest BCUT2D eigenvalue weighted by atomic mass is 9.87. The molecule has 32 heavy (non-hydrogen) atoms. The minimum atomic E-state index is -1.09. The van der Waals surface area contributed by atoms with Gasteiger partial charge >= 0.3 is 0 Å². The summed E-state index contributed by atoms with van der Waals surface area (Å²) in [6.45, 7) is 6.00. The average Bonchev–Trinajstić information content (AvgIpc) is 3.11. The van der Waals surface area contributed by atoms with Gasteiger partial charge in [-0.2, -0.15) is 5.10 Å². The van der Waals surface area contributed by atoms with Crippen molar-refractivity contribution in [3.05, 3.63) is 41.2 Å². The van der Waals surface area contributed by atoms with Gasteiger partial charge in [-0.05, 0) is 18.3 Å². The number of H-pyrrole nitrogens is 1. The fourth-order valence-corrected chi connectivity index (χ4v) is 4.19. The second-order valence-corrected chi connectivity index (χ2v) is 9.00. The first-order chi connectivity index (χ1) is 15.3. The molecule has 1 fully saturated rings. The third-order valence-corrected chi connectivity index (χ3v) is 6.54. The van der Waals surface area contributed by atoms with Crippen molar-refractivity contribution in [2.24, 2.45) is 11.8 Å². The van der Waals surface area contributed by atoms with Gasteiger partial charge in [-0.25, -0.2) is 13.8 Å². The zero-order valence-electron chi connectivity index (χ0n) is 17.7. The molecule has 0 spiro atoms. The van der Waals surface area contributed by atoms with Crippen LogP contribution in [0.4, 0.5) is 14.6 Å². The molecule has 0 aliphatic heterocycles. The average molecular weight is 459 g/mol. The van der Waals surface area contributed by atoms with Crippen molar-refractivity contribution >= 4 is 39.9 Å². The van der Waals surface area contributed by atoms with Crippen LogP contribution in [0.25, 0.3) is 27.8 Å². The van der Waals surface area contributed by atoms with Gasteiger partial charge in [0.1, 0.15) is 12.0 Å². The third kappa shape index (κ3) is 3.31. The molecule has 0 saturated heterocycles. The molecule has 3 atom stereocenters. The number of imidazole rings is 1. The normalized spacial score (nSPS) is 19.1. The van der Waals surface area contributed by atoms with Crippen molar-refractivity contribution in [3.63, 3.8) is 0 Å². The fourth-order valence-electron chi connectivity index (χ4n) is 3.89. The number of fused-ring (bicyclic) bond motifs is 2. The van der Waals surface area contributed by atoms with Gasteiger partial charge in [0.2, 0.25) is 5.91 Å². The summed E-state index contributed by atoms with van der Waals surface area (Å²) in [5.41, 5.74) is 2.42. The number of hydrogen-bond donors (Lipinski definition) is 2. The van der Waals surface area contributed by atoms with Gasteiger partial charge < -0.3 is 9.72 Å². The minimum absolute atomic E-state index is 0.0235. The number of nitrogens with zero attached hydrogens (tertiary/aromatic N) is 4. The molecule has 10 heteroatoms. The van der Waals surface area contributed by atoms with E-state index in [9.17, 15) is 9.18 Å². The molecule has 4 aromatic rings. The summed E-state index contributed by atoms with van der Waals surface area (Å²) in [4.78, 5) is 20.7. The van der Waals surface area contributed by atoms with Crippen LogP contribution in [-0.2, 0) is 4.79 Å². The van der Waals surface area contributed by atoms with Crippen LogP contribution in [0.2, 0.25) is 5.02 Å². The van der Waals surface area contributed by atoms with Crippen molar-refractivity contribution in [2.45, 2.75) is 39.3 Å². The predicted molar refractivity (Wildman–Crippen MR) is 118 cm³/mol. The smallest absolute Gasteiger partial charge is 0.231 e. The lowest BCUT2D eigenvalue weighted by molar-refractivity contribution is -0.117. The van der Waals surface area contributed by atoms with Crippen LogP contribution in [0.5, 0.6) is 0 Å². The first-order valence-electron chi connectivity index (χ1n) is 10.4. The number of benzene rings is 1. The Hall–Kier alpha value is -3.07. The monoisotopic (exact) mass is 458 g/mol. The molecule has 1 unspecified atom stereocenters. The Morgan fingerprint density at radius 1 is 1.31 bits per heavy atom. The minimum Gasteiger partial charge on any atom is -0.309 e. The third-order valence-electron chi connectivity index (χ3n) is 6.18. The van der Waals surface area contributed by atoms with Gasteiger partial charge in [-0.1, -0.05) is 32.4 Å². The van der Waals surface area contributed by atoms with E-state index in [2.05, 4.69) is 25.5 Å². The summed E-state index contributed by atoms with van der Waals surface area (Å²) in [6.07, 6.45) is 5.52. The number of rotatable bonds is 5. The SMILES string of the molecule is CC(C)C(C)c1c(F)c(Cl)c(-c2cn3cc(NC(=O)[C@@H]4C[C@@H]4F)nc3cn2)c2cn[nH]c12. The highest BCUT2D eigenvalue weighted by molar-refractivity contribution is 6.35. The summed E-state index contributed by atoms with van der Waals surface area (Å²) in [5, 5.41) is 10.3. The molecular formula is C22H21ClF2N6O. The highest BCUT2D eigenvalue weighted by Gasteiger charge is 2.43. The Labute approximate surface area is 187 Å². The van der Waals surface area contributed by atoms with Crippen LogP contribution in [0.3, 0.4) is 0 Å². The second kappa shape index (κ2) is 7.51. The van der Waals surface area contributed by atoms with E-state index in [4.69, 9.17) is 11.6 Å². The van der Waals surface area contributed by atoms with Crippen molar-refractivity contribution in [1.82, 2.24) is 24.6 Å². The Bertz CT molecular complexity index is 1360. The zero-order valence-corrected chi connectivity index (χ0v) is 18.4. The second-order valence-electron chi connectivity index (χ2n) is 8.62. The number of aromatic nitrogens is 5. The van der Waals surface area contributed by atoms with Gasteiger partial charge in [0.05, 0.1) is 40.7 Å². The molecule has 1 amide bonds. The molecule has 5 rings (SSSR count). The van der Waals surface area contributed by atoms with Crippen LogP contribution >= 0.6 is 11.6 Å². The van der Waals surface area contributed by atoms with E-state index >= 15 is 4.39 Å². The predicted octanol–water partition coefficient (Wildman–Crippen LogP) is 5.12. The molecule has 7 nitrogen and oxygen atoms in total. The van der Waals surface area contributed by atoms with Crippen molar-refractivity contribution in [1.29, 1.82) is 0 Å². The molecule has 1 saturated carbocycles. The summed E-state index contributed by atoms with van der Waals surface area (Å²) >= 11 is 6.52. The zero-order chi connectivity index (χ0) is 22.7. The maximum atomic E-state index is 15.4. The van der Waals surface area contributed by atoms with E-state index < -0.39 is 23.8 Å². The van der Waals surface area contributed by atoms with E-state index in [1.807, 2.05) is 20.8 Å². The standard InChI is InChI=1S/C22H21ClF2N6O/c1-9(2)10(3)17-20(25)19(23)18(12-5-27-30-21(12)17)14-7-31-8-15(28-16(31)6-26-14)29-22(32)11-4-13(11)24/h5-11,13H,4H2,1-3H3,(H,27,30)(H,29,32)/t10?,11-,13+/m1/s1. The maximum absolute atomic E-state index is 15.4. The lowest BCUT2D eigenvalue weighted by Gasteiger charge is -2.20. The molecule has 1 aliphatic carbocycles. The largest absolute Gasteiger partial charge is 0.309 e. The molecule has 1 aliphatic rings. The van der Waals surface area contributed by atoms with Gasteiger partial charge in [0.25, 0.3) is 0 Å². The maximum Gasteiger partial charge on any atom is 0.231 e. The molecule has 166 valence electrons. The summed E-state index contributed by atoms with van der Waals surface area (Å²) in [7, 11) is 0. The first kappa shape index (κ1) is 20.8. The van der Waals surface area contributed by atoms with Gasteiger partial charge in [-0.15, -0.1) is 0 Å². The van der Waals surface area contributed by atoms with Crippen LogP contribution in [0.15, 0.2) is 24.8 Å². The van der Waals surface area contributed by atoms with Crippen molar-refractivity contribution < 1.29 is 13.6 Å². The molecule has 1 aromatic carbocycles. The van der Waals surface area contributed by atoms with E-state index in [0.29, 0.717) is 39.2 Å². The Balaban J connectivity index is 1.58. The summed E-state index contributed by atoms with van der Waals surface area (Å²) in [5.74, 6) is -1.08. The van der Waals surface area contributed by atoms with E-state index in [-0.39, 0.29) is 23.3 Å². The molecule has 2 N–H and O–H groups in total. The number of hydrogen-bond acceptors (Lipinski definition) is 4.